The first-order valence-corrected chi connectivity index (χ1v) is 11.0. The summed E-state index contributed by atoms with van der Waals surface area (Å²) in [6.07, 6.45) is -1.91. The first-order valence-electron chi connectivity index (χ1n) is 9.47. The van der Waals surface area contributed by atoms with Crippen LogP contribution in [0.5, 0.6) is 0 Å². The van der Waals surface area contributed by atoms with Crippen molar-refractivity contribution < 1.29 is 26.0 Å². The van der Waals surface area contributed by atoms with E-state index in [4.69, 9.17) is 5.14 Å². The van der Waals surface area contributed by atoms with Crippen molar-refractivity contribution in [3.8, 4) is 28.1 Å². The molecular formula is C22H16F4N4O2S. The molecule has 2 heterocycles. The molecule has 4 rings (SSSR count). The summed E-state index contributed by atoms with van der Waals surface area (Å²) in [6, 6.07) is 13.1. The summed E-state index contributed by atoms with van der Waals surface area (Å²) in [6.45, 7) is 1.64. The molecule has 0 aliphatic heterocycles. The molecule has 33 heavy (non-hydrogen) atoms. The maximum absolute atomic E-state index is 15.2. The second kappa shape index (κ2) is 8.09. The lowest BCUT2D eigenvalue weighted by Gasteiger charge is -2.12. The molecule has 6 nitrogen and oxygen atoms in total. The Morgan fingerprint density at radius 1 is 0.939 bits per heavy atom. The summed E-state index contributed by atoms with van der Waals surface area (Å²) in [5, 5.41) is 8.57. The van der Waals surface area contributed by atoms with E-state index in [9.17, 15) is 21.6 Å². The summed E-state index contributed by atoms with van der Waals surface area (Å²) in [5.74, 6) is -1.53. The van der Waals surface area contributed by atoms with Crippen LogP contribution >= 0.6 is 0 Å². The van der Waals surface area contributed by atoms with Gasteiger partial charge in [-0.2, -0.15) is 18.3 Å². The molecule has 170 valence electrons. The van der Waals surface area contributed by atoms with Gasteiger partial charge in [0.2, 0.25) is 15.7 Å². The van der Waals surface area contributed by atoms with Crippen molar-refractivity contribution in [3.05, 3.63) is 84.1 Å². The molecule has 0 radical (unpaired) electrons. The molecule has 0 unspecified atom stereocenters. The number of primary sulfonamides is 1. The van der Waals surface area contributed by atoms with E-state index in [-0.39, 0.29) is 16.1 Å². The van der Waals surface area contributed by atoms with Crippen LogP contribution in [0.25, 0.3) is 28.1 Å². The quantitative estimate of drug-likeness (QED) is 0.432. The largest absolute Gasteiger partial charge is 0.438 e. The standard InChI is InChI=1S/C22H16F4N4O2S/c1-13-2-3-15(14-8-10-28-11-9-14)12-18(13)20-19(23)21(22(24,25)26)29-30(20)16-4-6-17(7-5-16)33(27,31)32/h2-12H,1H3,(H2,27,31,32). The number of aromatic nitrogens is 3. The molecular weight excluding hydrogens is 460 g/mol. The SMILES string of the molecule is Cc1ccc(-c2ccncc2)cc1-c1c(F)c(C(F)(F)F)nn1-c1ccc(S(N)(=O)=O)cc1. The van der Waals surface area contributed by atoms with Gasteiger partial charge in [0.1, 0.15) is 5.69 Å². The van der Waals surface area contributed by atoms with Gasteiger partial charge >= 0.3 is 6.18 Å². The smallest absolute Gasteiger partial charge is 0.265 e. The minimum Gasteiger partial charge on any atom is -0.265 e. The van der Waals surface area contributed by atoms with Crippen LogP contribution in [0, 0.1) is 12.7 Å². The van der Waals surface area contributed by atoms with Gasteiger partial charge in [0.25, 0.3) is 0 Å². The van der Waals surface area contributed by atoms with Crippen LogP contribution in [0.3, 0.4) is 0 Å². The molecule has 2 aromatic heterocycles. The zero-order valence-electron chi connectivity index (χ0n) is 17.0. The highest BCUT2D eigenvalue weighted by atomic mass is 32.2. The fraction of sp³-hybridized carbons (Fsp3) is 0.0909. The minimum atomic E-state index is -5.04. The van der Waals surface area contributed by atoms with E-state index in [2.05, 4.69) is 10.1 Å². The van der Waals surface area contributed by atoms with Crippen LogP contribution < -0.4 is 5.14 Å². The number of halogens is 4. The number of nitrogens with two attached hydrogens (primary N) is 1. The van der Waals surface area contributed by atoms with Crippen molar-refractivity contribution in [3.63, 3.8) is 0 Å². The average Bonchev–Trinajstić information content (AvgIpc) is 3.11. The van der Waals surface area contributed by atoms with Crippen molar-refractivity contribution in [2.24, 2.45) is 5.14 Å². The van der Waals surface area contributed by atoms with Gasteiger partial charge in [-0.05, 0) is 66.1 Å². The Labute approximate surface area is 186 Å². The van der Waals surface area contributed by atoms with Crippen LogP contribution in [-0.4, -0.2) is 23.2 Å². The molecule has 0 saturated carbocycles. The van der Waals surface area contributed by atoms with Crippen molar-refractivity contribution >= 4 is 10.0 Å². The number of rotatable bonds is 4. The predicted molar refractivity (Wildman–Crippen MR) is 113 cm³/mol. The van der Waals surface area contributed by atoms with E-state index >= 15 is 4.39 Å². The van der Waals surface area contributed by atoms with E-state index in [1.807, 2.05) is 0 Å². The molecule has 2 aromatic carbocycles. The van der Waals surface area contributed by atoms with Gasteiger partial charge in [-0.25, -0.2) is 22.6 Å². The van der Waals surface area contributed by atoms with Crippen LogP contribution in [0.15, 0.2) is 71.9 Å². The summed E-state index contributed by atoms with van der Waals surface area (Å²) < 4.78 is 79.6. The highest BCUT2D eigenvalue weighted by Gasteiger charge is 2.40. The maximum Gasteiger partial charge on any atom is 0.438 e. The lowest BCUT2D eigenvalue weighted by atomic mass is 9.98. The first-order chi connectivity index (χ1) is 15.5. The molecule has 2 N–H and O–H groups in total. The van der Waals surface area contributed by atoms with E-state index in [0.717, 1.165) is 22.4 Å². The van der Waals surface area contributed by atoms with Crippen molar-refractivity contribution in [2.75, 3.05) is 0 Å². The second-order valence-electron chi connectivity index (χ2n) is 7.23. The van der Waals surface area contributed by atoms with Crippen LogP contribution in [0.4, 0.5) is 17.6 Å². The Morgan fingerprint density at radius 3 is 2.15 bits per heavy atom. The third kappa shape index (κ3) is 4.37. The number of hydrogen-bond donors (Lipinski definition) is 1. The molecule has 0 amide bonds. The molecule has 0 bridgehead atoms. The number of sulfonamides is 1. The van der Waals surface area contributed by atoms with E-state index in [1.165, 1.54) is 12.1 Å². The lowest BCUT2D eigenvalue weighted by Crippen LogP contribution is -2.12. The number of aryl methyl sites for hydroxylation is 1. The summed E-state index contributed by atoms with van der Waals surface area (Å²) in [4.78, 5) is 3.70. The predicted octanol–water partition coefficient (Wildman–Crippen LogP) is 4.72. The highest BCUT2D eigenvalue weighted by Crippen LogP contribution is 2.38. The van der Waals surface area contributed by atoms with Crippen molar-refractivity contribution in [1.29, 1.82) is 0 Å². The number of nitrogens with zero attached hydrogens (tertiary/aromatic N) is 3. The highest BCUT2D eigenvalue weighted by molar-refractivity contribution is 7.89. The normalized spacial score (nSPS) is 12.2. The first kappa shape index (κ1) is 22.6. The Kier molecular flexibility index (Phi) is 5.54. The monoisotopic (exact) mass is 476 g/mol. The average molecular weight is 476 g/mol. The van der Waals surface area contributed by atoms with Gasteiger partial charge < -0.3 is 0 Å². The van der Waals surface area contributed by atoms with Crippen LogP contribution in [0.2, 0.25) is 0 Å². The van der Waals surface area contributed by atoms with Crippen LogP contribution in [-0.2, 0) is 16.2 Å². The Hall–Kier alpha value is -3.57. The third-order valence-corrected chi connectivity index (χ3v) is 5.94. The molecule has 0 aliphatic rings. The van der Waals surface area contributed by atoms with Gasteiger partial charge in [-0.15, -0.1) is 0 Å². The van der Waals surface area contributed by atoms with Gasteiger partial charge in [-0.3, -0.25) is 4.98 Å². The molecule has 0 spiro atoms. The van der Waals surface area contributed by atoms with E-state index in [1.54, 1.807) is 49.6 Å². The molecule has 4 aromatic rings. The van der Waals surface area contributed by atoms with Gasteiger partial charge in [-0.1, -0.05) is 12.1 Å². The fourth-order valence-corrected chi connectivity index (χ4v) is 3.89. The maximum atomic E-state index is 15.2. The van der Waals surface area contributed by atoms with Gasteiger partial charge in [0.15, 0.2) is 5.82 Å². The fourth-order valence-electron chi connectivity index (χ4n) is 3.38. The summed E-state index contributed by atoms with van der Waals surface area (Å²) in [7, 11) is -4.02. The molecule has 11 heteroatoms. The van der Waals surface area contributed by atoms with E-state index in [0.29, 0.717) is 11.1 Å². The Bertz CT molecular complexity index is 1430. The van der Waals surface area contributed by atoms with Gasteiger partial charge in [0.05, 0.1) is 10.6 Å². The molecule has 0 saturated heterocycles. The number of benzene rings is 2. The summed E-state index contributed by atoms with van der Waals surface area (Å²) in [5.41, 5.74) is 0.0407. The van der Waals surface area contributed by atoms with Crippen LogP contribution in [0.1, 0.15) is 11.3 Å². The topological polar surface area (TPSA) is 90.9 Å². The second-order valence-corrected chi connectivity index (χ2v) is 8.79. The molecule has 0 aliphatic carbocycles. The number of hydrogen-bond acceptors (Lipinski definition) is 4. The third-order valence-electron chi connectivity index (χ3n) is 5.01. The van der Waals surface area contributed by atoms with Gasteiger partial charge in [0, 0.05) is 18.0 Å². The number of alkyl halides is 3. The van der Waals surface area contributed by atoms with Crippen molar-refractivity contribution in [2.45, 2.75) is 18.0 Å². The zero-order chi connectivity index (χ0) is 24.0. The molecule has 0 atom stereocenters. The number of pyridine rings is 1. The van der Waals surface area contributed by atoms with E-state index < -0.39 is 33.4 Å². The summed E-state index contributed by atoms with van der Waals surface area (Å²) >= 11 is 0. The Balaban J connectivity index is 1.96. The molecule has 0 fully saturated rings. The Morgan fingerprint density at radius 2 is 1.58 bits per heavy atom. The zero-order valence-corrected chi connectivity index (χ0v) is 17.8. The minimum absolute atomic E-state index is 0.0283. The lowest BCUT2D eigenvalue weighted by molar-refractivity contribution is -0.143. The van der Waals surface area contributed by atoms with Crippen molar-refractivity contribution in [1.82, 2.24) is 14.8 Å².